The average Bonchev–Trinajstić information content (AvgIpc) is 2.44. The quantitative estimate of drug-likeness (QED) is 0.759. The van der Waals surface area contributed by atoms with Crippen LogP contribution in [-0.4, -0.2) is 25.6 Å². The standard InChI is InChI=1S/C13H10BrN3O/c14-10-4-3-8-7-16-13(17-11(8)12(10)18)9-2-1-5-15-6-9/h1-2,5-7,10H,3-4H2. The summed E-state index contributed by atoms with van der Waals surface area (Å²) in [7, 11) is 0. The van der Waals surface area contributed by atoms with Gasteiger partial charge in [0.05, 0.1) is 4.83 Å². The van der Waals surface area contributed by atoms with Crippen molar-refractivity contribution < 1.29 is 4.79 Å². The monoisotopic (exact) mass is 303 g/mol. The molecule has 4 nitrogen and oxygen atoms in total. The number of pyridine rings is 1. The Hall–Kier alpha value is -1.62. The van der Waals surface area contributed by atoms with Gasteiger partial charge in [0.15, 0.2) is 11.6 Å². The predicted octanol–water partition coefficient (Wildman–Crippen LogP) is 2.43. The highest BCUT2D eigenvalue weighted by atomic mass is 79.9. The van der Waals surface area contributed by atoms with Gasteiger partial charge in [-0.3, -0.25) is 9.78 Å². The molecule has 3 rings (SSSR count). The van der Waals surface area contributed by atoms with Crippen molar-refractivity contribution in [2.75, 3.05) is 0 Å². The molecule has 0 aromatic carbocycles. The molecule has 2 heterocycles. The van der Waals surface area contributed by atoms with E-state index >= 15 is 0 Å². The van der Waals surface area contributed by atoms with Crippen molar-refractivity contribution in [1.82, 2.24) is 15.0 Å². The molecule has 2 aromatic heterocycles. The highest BCUT2D eigenvalue weighted by molar-refractivity contribution is 9.10. The van der Waals surface area contributed by atoms with Crippen molar-refractivity contribution in [2.45, 2.75) is 17.7 Å². The second-order valence-electron chi connectivity index (χ2n) is 4.18. The Kier molecular flexibility index (Phi) is 2.91. The zero-order chi connectivity index (χ0) is 12.5. The first-order chi connectivity index (χ1) is 8.75. The number of hydrogen-bond acceptors (Lipinski definition) is 4. The number of hydrogen-bond donors (Lipinski definition) is 0. The zero-order valence-electron chi connectivity index (χ0n) is 9.51. The largest absolute Gasteiger partial charge is 0.291 e. The van der Waals surface area contributed by atoms with E-state index in [1.807, 2.05) is 12.1 Å². The van der Waals surface area contributed by atoms with E-state index in [1.54, 1.807) is 18.6 Å². The van der Waals surface area contributed by atoms with Crippen molar-refractivity contribution in [2.24, 2.45) is 0 Å². The number of aromatic nitrogens is 3. The van der Waals surface area contributed by atoms with E-state index < -0.39 is 0 Å². The third-order valence-corrected chi connectivity index (χ3v) is 3.84. The molecule has 0 fully saturated rings. The minimum atomic E-state index is -0.123. The van der Waals surface area contributed by atoms with Gasteiger partial charge in [-0.1, -0.05) is 15.9 Å². The van der Waals surface area contributed by atoms with Crippen LogP contribution in [0.25, 0.3) is 11.4 Å². The summed E-state index contributed by atoms with van der Waals surface area (Å²) in [5, 5.41) is 0. The van der Waals surface area contributed by atoms with Gasteiger partial charge in [-0.15, -0.1) is 0 Å². The maximum absolute atomic E-state index is 12.0. The Bertz CT molecular complexity index is 600. The lowest BCUT2D eigenvalue weighted by atomic mass is 9.96. The molecule has 1 aliphatic carbocycles. The van der Waals surface area contributed by atoms with Crippen LogP contribution in [0.4, 0.5) is 0 Å². The SMILES string of the molecule is O=C1c2nc(-c3cccnc3)ncc2CCC1Br. The molecule has 0 aliphatic heterocycles. The Morgan fingerprint density at radius 3 is 3.00 bits per heavy atom. The number of nitrogens with zero attached hydrogens (tertiary/aromatic N) is 3. The second-order valence-corrected chi connectivity index (χ2v) is 5.28. The van der Waals surface area contributed by atoms with Crippen LogP contribution in [-0.2, 0) is 6.42 Å². The fourth-order valence-corrected chi connectivity index (χ4v) is 2.44. The number of rotatable bonds is 1. The number of fused-ring (bicyclic) bond motifs is 1. The topological polar surface area (TPSA) is 55.7 Å². The molecule has 0 amide bonds. The first kappa shape index (κ1) is 11.5. The van der Waals surface area contributed by atoms with Crippen LogP contribution in [0.2, 0.25) is 0 Å². The normalized spacial score (nSPS) is 18.5. The number of Topliss-reactive ketones (excluding diaryl/α,β-unsaturated/α-hetero) is 1. The molecule has 0 bridgehead atoms. The van der Waals surface area contributed by atoms with E-state index in [1.165, 1.54) is 0 Å². The van der Waals surface area contributed by atoms with Crippen LogP contribution >= 0.6 is 15.9 Å². The summed E-state index contributed by atoms with van der Waals surface area (Å²) in [6.07, 6.45) is 6.79. The Morgan fingerprint density at radius 2 is 2.22 bits per heavy atom. The van der Waals surface area contributed by atoms with Crippen LogP contribution in [0.3, 0.4) is 0 Å². The van der Waals surface area contributed by atoms with E-state index in [2.05, 4.69) is 30.9 Å². The Balaban J connectivity index is 2.08. The molecular weight excluding hydrogens is 294 g/mol. The number of halogens is 1. The maximum atomic E-state index is 12.0. The molecule has 0 saturated carbocycles. The fraction of sp³-hybridized carbons (Fsp3) is 0.231. The smallest absolute Gasteiger partial charge is 0.195 e. The summed E-state index contributed by atoms with van der Waals surface area (Å²) < 4.78 is 0. The maximum Gasteiger partial charge on any atom is 0.195 e. The molecule has 18 heavy (non-hydrogen) atoms. The van der Waals surface area contributed by atoms with Crippen LogP contribution in [0, 0.1) is 0 Å². The first-order valence-corrected chi connectivity index (χ1v) is 6.62. The third-order valence-electron chi connectivity index (χ3n) is 2.97. The first-order valence-electron chi connectivity index (χ1n) is 5.70. The summed E-state index contributed by atoms with van der Waals surface area (Å²) in [5.74, 6) is 0.598. The highest BCUT2D eigenvalue weighted by Gasteiger charge is 2.27. The molecule has 2 aromatic rings. The zero-order valence-corrected chi connectivity index (χ0v) is 11.1. The third kappa shape index (κ3) is 1.95. The van der Waals surface area contributed by atoms with Crippen LogP contribution < -0.4 is 0 Å². The second kappa shape index (κ2) is 4.57. The van der Waals surface area contributed by atoms with E-state index in [0.717, 1.165) is 24.0 Å². The van der Waals surface area contributed by atoms with Crippen molar-refractivity contribution in [1.29, 1.82) is 0 Å². The number of carbonyl (C=O) groups is 1. The minimum absolute atomic E-state index is 0.0452. The van der Waals surface area contributed by atoms with Gasteiger partial charge < -0.3 is 0 Å². The Labute approximate surface area is 113 Å². The summed E-state index contributed by atoms with van der Waals surface area (Å²) in [6.45, 7) is 0. The average molecular weight is 304 g/mol. The van der Waals surface area contributed by atoms with Gasteiger partial charge in [0.2, 0.25) is 0 Å². The van der Waals surface area contributed by atoms with E-state index in [4.69, 9.17) is 0 Å². The predicted molar refractivity (Wildman–Crippen MR) is 70.6 cm³/mol. The molecule has 1 aliphatic rings. The number of alkyl halides is 1. The lowest BCUT2D eigenvalue weighted by molar-refractivity contribution is 0.0976. The highest BCUT2D eigenvalue weighted by Crippen LogP contribution is 2.25. The molecular formula is C13H10BrN3O. The van der Waals surface area contributed by atoms with Crippen molar-refractivity contribution >= 4 is 21.7 Å². The van der Waals surface area contributed by atoms with Gasteiger partial charge in [0.1, 0.15) is 5.69 Å². The summed E-state index contributed by atoms with van der Waals surface area (Å²) in [6, 6.07) is 3.71. The minimum Gasteiger partial charge on any atom is -0.291 e. The van der Waals surface area contributed by atoms with Crippen molar-refractivity contribution in [3.05, 3.63) is 42.0 Å². The van der Waals surface area contributed by atoms with Gasteiger partial charge in [0, 0.05) is 24.2 Å². The molecule has 90 valence electrons. The van der Waals surface area contributed by atoms with Crippen LogP contribution in [0.15, 0.2) is 30.7 Å². The van der Waals surface area contributed by atoms with E-state index in [0.29, 0.717) is 11.5 Å². The van der Waals surface area contributed by atoms with Gasteiger partial charge >= 0.3 is 0 Å². The van der Waals surface area contributed by atoms with Gasteiger partial charge in [-0.2, -0.15) is 0 Å². The van der Waals surface area contributed by atoms with E-state index in [9.17, 15) is 4.79 Å². The number of aryl methyl sites for hydroxylation is 1. The van der Waals surface area contributed by atoms with Crippen molar-refractivity contribution in [3.63, 3.8) is 0 Å². The molecule has 1 atom stereocenters. The molecule has 5 heteroatoms. The molecule has 0 spiro atoms. The molecule has 1 unspecified atom stereocenters. The molecule has 0 N–H and O–H groups in total. The van der Waals surface area contributed by atoms with Gasteiger partial charge in [-0.05, 0) is 30.5 Å². The fourth-order valence-electron chi connectivity index (χ4n) is 2.00. The number of ketones is 1. The molecule has 0 saturated heterocycles. The van der Waals surface area contributed by atoms with Crippen LogP contribution in [0.1, 0.15) is 22.5 Å². The van der Waals surface area contributed by atoms with Crippen molar-refractivity contribution in [3.8, 4) is 11.4 Å². The van der Waals surface area contributed by atoms with E-state index in [-0.39, 0.29) is 10.6 Å². The summed E-state index contributed by atoms with van der Waals surface area (Å²) in [4.78, 5) is 24.6. The van der Waals surface area contributed by atoms with Crippen LogP contribution in [0.5, 0.6) is 0 Å². The van der Waals surface area contributed by atoms with Gasteiger partial charge in [0.25, 0.3) is 0 Å². The summed E-state index contributed by atoms with van der Waals surface area (Å²) >= 11 is 3.38. The van der Waals surface area contributed by atoms with Gasteiger partial charge in [-0.25, -0.2) is 9.97 Å². The Morgan fingerprint density at radius 1 is 1.33 bits per heavy atom. The lowest BCUT2D eigenvalue weighted by Crippen LogP contribution is -2.24. The molecule has 0 radical (unpaired) electrons. The lowest BCUT2D eigenvalue weighted by Gasteiger charge is -2.17. The summed E-state index contributed by atoms with van der Waals surface area (Å²) in [5.41, 5.74) is 2.30. The number of carbonyl (C=O) groups excluding carboxylic acids is 1.